The Morgan fingerprint density at radius 1 is 0.775 bits per heavy atom. The zero-order valence-electron chi connectivity index (χ0n) is 22.7. The molecule has 2 atom stereocenters. The molecule has 0 amide bonds. The van der Waals surface area contributed by atoms with E-state index in [2.05, 4.69) is 26.0 Å². The van der Waals surface area contributed by atoms with E-state index in [1.54, 1.807) is 24.3 Å². The van der Waals surface area contributed by atoms with Gasteiger partial charge in [0.15, 0.2) is 11.6 Å². The SMILES string of the molecule is CC1CCc2nc(SCC(=O)c3ccc(C(=O)CSc4nc5c(cc4C#N)CC(C)CC5)cc3)c(C#N)cc2C1. The summed E-state index contributed by atoms with van der Waals surface area (Å²) in [4.78, 5) is 35.2. The van der Waals surface area contributed by atoms with Gasteiger partial charge in [0.05, 0.1) is 22.6 Å². The van der Waals surface area contributed by atoms with Gasteiger partial charge in [0.1, 0.15) is 22.2 Å². The first-order valence-corrected chi connectivity index (χ1v) is 15.6. The molecule has 1 aromatic carbocycles. The Bertz CT molecular complexity index is 1440. The molecule has 8 heteroatoms. The zero-order chi connectivity index (χ0) is 28.2. The summed E-state index contributed by atoms with van der Waals surface area (Å²) in [6.07, 6.45) is 5.84. The number of ketones is 2. The number of nitrogens with zero attached hydrogens (tertiary/aromatic N) is 4. The number of rotatable bonds is 8. The zero-order valence-corrected chi connectivity index (χ0v) is 24.3. The number of carbonyl (C=O) groups is 2. The smallest absolute Gasteiger partial charge is 0.173 e. The Kier molecular flexibility index (Phi) is 8.69. The summed E-state index contributed by atoms with van der Waals surface area (Å²) < 4.78 is 0. The molecule has 0 N–H and O–H groups in total. The number of Topliss-reactive ketones (excluding diaryl/α,β-unsaturated/α-hetero) is 2. The molecule has 6 nitrogen and oxygen atoms in total. The van der Waals surface area contributed by atoms with E-state index in [0.29, 0.717) is 44.1 Å². The van der Waals surface area contributed by atoms with Crippen LogP contribution in [0.1, 0.15) is 81.0 Å². The lowest BCUT2D eigenvalue weighted by molar-refractivity contribution is 0.101. The lowest BCUT2D eigenvalue weighted by Crippen LogP contribution is -2.14. The predicted molar refractivity (Wildman–Crippen MR) is 157 cm³/mol. The van der Waals surface area contributed by atoms with Gasteiger partial charge in [0.2, 0.25) is 0 Å². The van der Waals surface area contributed by atoms with Crippen molar-refractivity contribution in [2.45, 2.75) is 62.4 Å². The van der Waals surface area contributed by atoms with Crippen LogP contribution >= 0.6 is 23.5 Å². The van der Waals surface area contributed by atoms with Crippen LogP contribution in [0, 0.1) is 34.5 Å². The third kappa shape index (κ3) is 6.30. The fourth-order valence-electron chi connectivity index (χ4n) is 5.31. The van der Waals surface area contributed by atoms with Crippen LogP contribution in [0.3, 0.4) is 0 Å². The van der Waals surface area contributed by atoms with Crippen molar-refractivity contribution in [1.29, 1.82) is 10.5 Å². The van der Waals surface area contributed by atoms with Crippen LogP contribution in [0.15, 0.2) is 46.5 Å². The molecule has 0 spiro atoms. The molecule has 0 saturated heterocycles. The highest BCUT2D eigenvalue weighted by Gasteiger charge is 2.22. The van der Waals surface area contributed by atoms with Crippen LogP contribution in [0.4, 0.5) is 0 Å². The molecule has 5 rings (SSSR count). The number of fused-ring (bicyclic) bond motifs is 2. The van der Waals surface area contributed by atoms with E-state index < -0.39 is 0 Å². The minimum atomic E-state index is -0.0818. The fourth-order valence-corrected chi connectivity index (χ4v) is 7.05. The highest BCUT2D eigenvalue weighted by Crippen LogP contribution is 2.31. The van der Waals surface area contributed by atoms with Crippen molar-refractivity contribution in [3.8, 4) is 12.1 Å². The average molecular weight is 567 g/mol. The molecule has 0 saturated carbocycles. The van der Waals surface area contributed by atoms with E-state index in [-0.39, 0.29) is 23.1 Å². The summed E-state index contributed by atoms with van der Waals surface area (Å²) in [5.74, 6) is 1.35. The van der Waals surface area contributed by atoms with Gasteiger partial charge in [-0.3, -0.25) is 9.59 Å². The summed E-state index contributed by atoms with van der Waals surface area (Å²) in [5, 5.41) is 20.4. The Hall–Kier alpha value is -3.46. The van der Waals surface area contributed by atoms with Gasteiger partial charge in [0, 0.05) is 22.5 Å². The molecule has 202 valence electrons. The Labute approximate surface area is 243 Å². The Balaban J connectivity index is 1.20. The van der Waals surface area contributed by atoms with Gasteiger partial charge < -0.3 is 0 Å². The molecule has 2 aliphatic carbocycles. The van der Waals surface area contributed by atoms with Gasteiger partial charge in [0.25, 0.3) is 0 Å². The number of aromatic nitrogens is 2. The minimum Gasteiger partial charge on any atom is -0.293 e. The number of benzene rings is 1. The summed E-state index contributed by atoms with van der Waals surface area (Å²) in [5.41, 5.74) is 6.43. The van der Waals surface area contributed by atoms with E-state index >= 15 is 0 Å². The largest absolute Gasteiger partial charge is 0.293 e. The molecule has 0 bridgehead atoms. The summed E-state index contributed by atoms with van der Waals surface area (Å²) in [6, 6.07) is 15.0. The number of nitriles is 2. The summed E-state index contributed by atoms with van der Waals surface area (Å²) >= 11 is 2.58. The Morgan fingerprint density at radius 3 is 1.55 bits per heavy atom. The van der Waals surface area contributed by atoms with Crippen molar-refractivity contribution in [2.24, 2.45) is 11.8 Å². The standard InChI is InChI=1S/C32H30N4O2S2/c1-19-3-9-27-23(11-19)13-25(15-33)31(35-27)39-17-29(37)21-5-7-22(8-6-21)30(38)18-40-32-26(16-34)14-24-12-20(2)4-10-28(24)36-32/h5-8,13-14,19-20H,3-4,9-12,17-18H2,1-2H3. The topological polar surface area (TPSA) is 108 Å². The Morgan fingerprint density at radius 2 is 1.18 bits per heavy atom. The second-order valence-electron chi connectivity index (χ2n) is 10.8. The number of aryl methyl sites for hydroxylation is 2. The normalized spacial score (nSPS) is 17.7. The van der Waals surface area contributed by atoms with Gasteiger partial charge in [-0.15, -0.1) is 0 Å². The van der Waals surface area contributed by atoms with Gasteiger partial charge in [-0.05, 0) is 73.6 Å². The first-order chi connectivity index (χ1) is 19.3. The molecule has 0 fully saturated rings. The van der Waals surface area contributed by atoms with Crippen LogP contribution in [0.25, 0.3) is 0 Å². The summed E-state index contributed by atoms with van der Waals surface area (Å²) in [7, 11) is 0. The van der Waals surface area contributed by atoms with Gasteiger partial charge in [-0.1, -0.05) is 61.6 Å². The van der Waals surface area contributed by atoms with Crippen LogP contribution in [-0.4, -0.2) is 33.0 Å². The van der Waals surface area contributed by atoms with Crippen molar-refractivity contribution >= 4 is 35.1 Å². The molecular weight excluding hydrogens is 537 g/mol. The van der Waals surface area contributed by atoms with Crippen molar-refractivity contribution in [3.05, 3.63) is 81.2 Å². The third-order valence-electron chi connectivity index (χ3n) is 7.65. The molecule has 0 radical (unpaired) electrons. The minimum absolute atomic E-state index is 0.0818. The van der Waals surface area contributed by atoms with Gasteiger partial charge >= 0.3 is 0 Å². The van der Waals surface area contributed by atoms with Gasteiger partial charge in [-0.25, -0.2) is 9.97 Å². The number of thioether (sulfide) groups is 2. The predicted octanol–water partition coefficient (Wildman–Crippen LogP) is 6.42. The maximum atomic E-state index is 12.9. The van der Waals surface area contributed by atoms with E-state index in [1.807, 2.05) is 12.1 Å². The van der Waals surface area contributed by atoms with Crippen molar-refractivity contribution in [1.82, 2.24) is 9.97 Å². The molecule has 0 aliphatic heterocycles. The van der Waals surface area contributed by atoms with Crippen LogP contribution in [0.5, 0.6) is 0 Å². The second-order valence-corrected chi connectivity index (χ2v) is 12.7. The third-order valence-corrected chi connectivity index (χ3v) is 9.63. The van der Waals surface area contributed by atoms with E-state index in [9.17, 15) is 20.1 Å². The highest BCUT2D eigenvalue weighted by molar-refractivity contribution is 8.00. The van der Waals surface area contributed by atoms with Crippen molar-refractivity contribution < 1.29 is 9.59 Å². The average Bonchev–Trinajstić information content (AvgIpc) is 2.97. The maximum Gasteiger partial charge on any atom is 0.173 e. The monoisotopic (exact) mass is 566 g/mol. The number of carbonyl (C=O) groups excluding carboxylic acids is 2. The molecule has 2 heterocycles. The fraction of sp³-hybridized carbons (Fsp3) is 0.375. The van der Waals surface area contributed by atoms with Crippen LogP contribution < -0.4 is 0 Å². The van der Waals surface area contributed by atoms with Crippen molar-refractivity contribution in [3.63, 3.8) is 0 Å². The van der Waals surface area contributed by atoms with Gasteiger partial charge in [-0.2, -0.15) is 10.5 Å². The molecule has 3 aromatic rings. The quantitative estimate of drug-likeness (QED) is 0.227. The van der Waals surface area contributed by atoms with E-state index in [4.69, 9.17) is 9.97 Å². The van der Waals surface area contributed by atoms with E-state index in [0.717, 1.165) is 61.0 Å². The first-order valence-electron chi connectivity index (χ1n) is 13.6. The highest BCUT2D eigenvalue weighted by atomic mass is 32.2. The van der Waals surface area contributed by atoms with Crippen LogP contribution in [-0.2, 0) is 25.7 Å². The lowest BCUT2D eigenvalue weighted by atomic mass is 9.87. The molecule has 2 aromatic heterocycles. The van der Waals surface area contributed by atoms with Crippen molar-refractivity contribution in [2.75, 3.05) is 11.5 Å². The second kappa shape index (κ2) is 12.4. The maximum absolute atomic E-state index is 12.9. The first kappa shape index (κ1) is 28.1. The molecule has 2 aliphatic rings. The summed E-state index contributed by atoms with van der Waals surface area (Å²) in [6.45, 7) is 4.43. The molecular formula is C32H30N4O2S2. The lowest BCUT2D eigenvalue weighted by Gasteiger charge is -2.21. The van der Waals surface area contributed by atoms with Crippen LogP contribution in [0.2, 0.25) is 0 Å². The molecule has 40 heavy (non-hydrogen) atoms. The number of hydrogen-bond donors (Lipinski definition) is 0. The molecule has 2 unspecified atom stereocenters. The number of hydrogen-bond acceptors (Lipinski definition) is 8. The van der Waals surface area contributed by atoms with E-state index in [1.165, 1.54) is 23.5 Å². The number of pyridine rings is 2.